The lowest BCUT2D eigenvalue weighted by Crippen LogP contribution is -2.05. The van der Waals surface area contributed by atoms with Crippen molar-refractivity contribution in [1.82, 2.24) is 0 Å². The fraction of sp³-hybridized carbons (Fsp3) is 0.583. The summed E-state index contributed by atoms with van der Waals surface area (Å²) in [6, 6.07) is 1.83. The van der Waals surface area contributed by atoms with Gasteiger partial charge in [0.2, 0.25) is 0 Å². The normalized spacial score (nSPS) is 10.7. The second-order valence-corrected chi connectivity index (χ2v) is 4.57. The molecular weight excluding hydrogens is 208 g/mol. The molecule has 0 aliphatic heterocycles. The molecule has 3 heteroatoms. The van der Waals surface area contributed by atoms with Gasteiger partial charge in [0.15, 0.2) is 5.78 Å². The summed E-state index contributed by atoms with van der Waals surface area (Å²) in [5.74, 6) is 1.55. The van der Waals surface area contributed by atoms with E-state index < -0.39 is 0 Å². The first kappa shape index (κ1) is 12.2. The average Bonchev–Trinajstić information content (AvgIpc) is 2.74. The number of thiophene rings is 1. The summed E-state index contributed by atoms with van der Waals surface area (Å²) in [5, 5.41) is 1.88. The Labute approximate surface area is 95.3 Å². The van der Waals surface area contributed by atoms with Gasteiger partial charge in [-0.05, 0) is 5.92 Å². The lowest BCUT2D eigenvalue weighted by Gasteiger charge is -2.09. The van der Waals surface area contributed by atoms with E-state index in [9.17, 15) is 4.79 Å². The fourth-order valence-corrected chi connectivity index (χ4v) is 2.32. The third-order valence-corrected chi connectivity index (χ3v) is 3.66. The zero-order valence-corrected chi connectivity index (χ0v) is 10.4. The smallest absolute Gasteiger partial charge is 0.173 e. The first-order valence-corrected chi connectivity index (χ1v) is 6.24. The maximum absolute atomic E-state index is 11.9. The van der Waals surface area contributed by atoms with Crippen LogP contribution in [0.3, 0.4) is 0 Å². The zero-order chi connectivity index (χ0) is 11.3. The molecule has 0 aliphatic carbocycles. The van der Waals surface area contributed by atoms with E-state index in [2.05, 4.69) is 13.8 Å². The molecule has 84 valence electrons. The Hall–Kier alpha value is -0.830. The number of carbonyl (C=O) groups is 1. The number of ketones is 1. The molecule has 0 fully saturated rings. The topological polar surface area (TPSA) is 26.3 Å². The summed E-state index contributed by atoms with van der Waals surface area (Å²) in [7, 11) is 1.62. The van der Waals surface area contributed by atoms with Crippen molar-refractivity contribution in [3.63, 3.8) is 0 Å². The molecule has 0 saturated heterocycles. The molecule has 15 heavy (non-hydrogen) atoms. The molecule has 0 N–H and O–H groups in total. The molecule has 0 aromatic carbocycles. The Balaban J connectivity index is 2.60. The molecule has 0 radical (unpaired) electrons. The van der Waals surface area contributed by atoms with E-state index in [1.807, 2.05) is 11.4 Å². The quantitative estimate of drug-likeness (QED) is 0.690. The van der Waals surface area contributed by atoms with Crippen LogP contribution < -0.4 is 4.74 Å². The first-order valence-electron chi connectivity index (χ1n) is 5.36. The van der Waals surface area contributed by atoms with Gasteiger partial charge >= 0.3 is 0 Å². The highest BCUT2D eigenvalue weighted by atomic mass is 32.1. The van der Waals surface area contributed by atoms with E-state index in [1.165, 1.54) is 11.3 Å². The van der Waals surface area contributed by atoms with Gasteiger partial charge in [-0.2, -0.15) is 0 Å². The maximum atomic E-state index is 11.9. The molecule has 0 unspecified atom stereocenters. The van der Waals surface area contributed by atoms with E-state index in [1.54, 1.807) is 7.11 Å². The Morgan fingerprint density at radius 3 is 2.60 bits per heavy atom. The Kier molecular flexibility index (Phi) is 4.82. The van der Waals surface area contributed by atoms with Gasteiger partial charge in [0, 0.05) is 17.9 Å². The van der Waals surface area contributed by atoms with Gasteiger partial charge in [-0.3, -0.25) is 4.79 Å². The minimum Gasteiger partial charge on any atom is -0.496 e. The van der Waals surface area contributed by atoms with Gasteiger partial charge in [0.1, 0.15) is 5.75 Å². The van der Waals surface area contributed by atoms with Crippen LogP contribution in [0.1, 0.15) is 42.8 Å². The van der Waals surface area contributed by atoms with Crippen LogP contribution in [0.5, 0.6) is 5.75 Å². The largest absolute Gasteiger partial charge is 0.496 e. The van der Waals surface area contributed by atoms with Crippen LogP contribution in [0.15, 0.2) is 11.4 Å². The molecule has 1 rings (SSSR count). The van der Waals surface area contributed by atoms with E-state index in [0.29, 0.717) is 12.3 Å². The molecule has 2 nitrogen and oxygen atoms in total. The predicted molar refractivity (Wildman–Crippen MR) is 63.9 cm³/mol. The van der Waals surface area contributed by atoms with Crippen LogP contribution in [-0.2, 0) is 0 Å². The second-order valence-electron chi connectivity index (χ2n) is 3.66. The lowest BCUT2D eigenvalue weighted by atomic mass is 9.96. The van der Waals surface area contributed by atoms with Gasteiger partial charge in [-0.15, -0.1) is 11.3 Å². The number of hydrogen-bond donors (Lipinski definition) is 0. The minimum absolute atomic E-state index is 0.247. The van der Waals surface area contributed by atoms with Gasteiger partial charge in [-0.25, -0.2) is 0 Å². The van der Waals surface area contributed by atoms with Crippen molar-refractivity contribution in [3.8, 4) is 5.75 Å². The highest BCUT2D eigenvalue weighted by Crippen LogP contribution is 2.24. The summed E-state index contributed by atoms with van der Waals surface area (Å²) in [6.45, 7) is 4.27. The molecule has 1 aromatic rings. The number of rotatable bonds is 6. The number of methoxy groups -OCH3 is 1. The van der Waals surface area contributed by atoms with E-state index in [0.717, 1.165) is 23.5 Å². The summed E-state index contributed by atoms with van der Waals surface area (Å²) in [5.41, 5.74) is 0. The third kappa shape index (κ3) is 3.34. The van der Waals surface area contributed by atoms with Gasteiger partial charge in [0.25, 0.3) is 0 Å². The van der Waals surface area contributed by atoms with Gasteiger partial charge in [0.05, 0.1) is 12.0 Å². The van der Waals surface area contributed by atoms with E-state index in [-0.39, 0.29) is 5.78 Å². The van der Waals surface area contributed by atoms with Crippen LogP contribution in [0.2, 0.25) is 0 Å². The standard InChI is InChI=1S/C12H18O2S/c1-4-9(5-2)6-11(13)12-7-10(14-3)8-15-12/h7-9H,4-6H2,1-3H3. The third-order valence-electron chi connectivity index (χ3n) is 2.71. The van der Waals surface area contributed by atoms with Crippen molar-refractivity contribution >= 4 is 17.1 Å². The SMILES string of the molecule is CCC(CC)CC(=O)c1cc(OC)cs1. The molecule has 0 bridgehead atoms. The van der Waals surface area contributed by atoms with Crippen molar-refractivity contribution in [2.75, 3.05) is 7.11 Å². The Morgan fingerprint density at radius 2 is 2.13 bits per heavy atom. The Morgan fingerprint density at radius 1 is 1.47 bits per heavy atom. The van der Waals surface area contributed by atoms with Crippen molar-refractivity contribution < 1.29 is 9.53 Å². The molecule has 0 saturated carbocycles. The van der Waals surface area contributed by atoms with Crippen LogP contribution in [0.4, 0.5) is 0 Å². The summed E-state index contributed by atoms with van der Waals surface area (Å²) in [6.07, 6.45) is 2.81. The number of Topliss-reactive ketones (excluding diaryl/α,β-unsaturated/α-hetero) is 1. The number of hydrogen-bond acceptors (Lipinski definition) is 3. The van der Waals surface area contributed by atoms with Gasteiger partial charge in [-0.1, -0.05) is 26.7 Å². The van der Waals surface area contributed by atoms with Gasteiger partial charge < -0.3 is 4.74 Å². The summed E-state index contributed by atoms with van der Waals surface area (Å²) >= 11 is 1.47. The zero-order valence-electron chi connectivity index (χ0n) is 9.58. The number of carbonyl (C=O) groups excluding carboxylic acids is 1. The summed E-state index contributed by atoms with van der Waals surface area (Å²) < 4.78 is 5.06. The molecular formula is C12H18O2S. The van der Waals surface area contributed by atoms with Crippen LogP contribution in [0, 0.1) is 5.92 Å². The van der Waals surface area contributed by atoms with E-state index in [4.69, 9.17) is 4.74 Å². The molecule has 0 spiro atoms. The Bertz CT molecular complexity index is 313. The average molecular weight is 226 g/mol. The van der Waals surface area contributed by atoms with Crippen LogP contribution in [0.25, 0.3) is 0 Å². The number of ether oxygens (including phenoxy) is 1. The minimum atomic E-state index is 0.247. The molecule has 0 amide bonds. The molecule has 1 aromatic heterocycles. The fourth-order valence-electron chi connectivity index (χ4n) is 1.51. The van der Waals surface area contributed by atoms with Crippen LogP contribution >= 0.6 is 11.3 Å². The highest BCUT2D eigenvalue weighted by Gasteiger charge is 2.14. The van der Waals surface area contributed by atoms with Crippen molar-refractivity contribution in [1.29, 1.82) is 0 Å². The van der Waals surface area contributed by atoms with Crippen LogP contribution in [-0.4, -0.2) is 12.9 Å². The summed E-state index contributed by atoms with van der Waals surface area (Å²) in [4.78, 5) is 12.7. The molecule has 1 heterocycles. The first-order chi connectivity index (χ1) is 7.21. The molecule has 0 aliphatic rings. The maximum Gasteiger partial charge on any atom is 0.173 e. The molecule has 0 atom stereocenters. The highest BCUT2D eigenvalue weighted by molar-refractivity contribution is 7.12. The van der Waals surface area contributed by atoms with Crippen molar-refractivity contribution in [2.24, 2.45) is 5.92 Å². The van der Waals surface area contributed by atoms with Crippen molar-refractivity contribution in [3.05, 3.63) is 16.3 Å². The predicted octanol–water partition coefficient (Wildman–Crippen LogP) is 3.77. The van der Waals surface area contributed by atoms with E-state index >= 15 is 0 Å². The van der Waals surface area contributed by atoms with Crippen molar-refractivity contribution in [2.45, 2.75) is 33.1 Å². The lowest BCUT2D eigenvalue weighted by molar-refractivity contribution is 0.0962. The second kappa shape index (κ2) is 5.91. The monoisotopic (exact) mass is 226 g/mol.